The van der Waals surface area contributed by atoms with Gasteiger partial charge < -0.3 is 20.6 Å². The number of halogens is 2. The zero-order chi connectivity index (χ0) is 22.0. The highest BCUT2D eigenvalue weighted by Gasteiger charge is 2.17. The molecule has 8 heteroatoms. The molecule has 6 nitrogen and oxygen atoms in total. The van der Waals surface area contributed by atoms with Gasteiger partial charge in [0.1, 0.15) is 17.4 Å². The molecule has 4 rings (SSSR count). The number of phenolic OH excluding ortho intramolecular Hbond substituents is 1. The van der Waals surface area contributed by atoms with Gasteiger partial charge in [0, 0.05) is 50.4 Å². The number of piperazine rings is 1. The number of aromatic nitrogens is 1. The minimum atomic E-state index is -0.481. The van der Waals surface area contributed by atoms with E-state index >= 15 is 0 Å². The van der Waals surface area contributed by atoms with E-state index in [1.165, 1.54) is 19.1 Å². The molecule has 0 radical (unpaired) electrons. The van der Waals surface area contributed by atoms with Crippen molar-refractivity contribution in [2.75, 3.05) is 36.4 Å². The maximum Gasteiger partial charge on any atom is 0.221 e. The lowest BCUT2D eigenvalue weighted by Crippen LogP contribution is -2.43. The van der Waals surface area contributed by atoms with Crippen LogP contribution in [0.3, 0.4) is 0 Å². The zero-order valence-electron chi connectivity index (χ0n) is 17.0. The Balaban J connectivity index is 1.73. The largest absolute Gasteiger partial charge is 0.507 e. The minimum absolute atomic E-state index is 0.0535. The van der Waals surface area contributed by atoms with Gasteiger partial charge in [-0.1, -0.05) is 17.7 Å². The van der Waals surface area contributed by atoms with E-state index in [0.717, 1.165) is 32.0 Å². The highest BCUT2D eigenvalue weighted by molar-refractivity contribution is 6.34. The molecule has 1 aromatic heterocycles. The van der Waals surface area contributed by atoms with E-state index in [1.54, 1.807) is 30.5 Å². The number of benzene rings is 2. The molecular formula is C23H22ClFN4O2. The third-order valence-corrected chi connectivity index (χ3v) is 5.48. The second-order valence-electron chi connectivity index (χ2n) is 7.37. The molecule has 160 valence electrons. The number of aromatic hydroxyl groups is 1. The summed E-state index contributed by atoms with van der Waals surface area (Å²) in [5.41, 5.74) is 2.34. The van der Waals surface area contributed by atoms with Crippen molar-refractivity contribution >= 4 is 29.0 Å². The molecule has 1 saturated heterocycles. The first-order valence-electron chi connectivity index (χ1n) is 9.94. The van der Waals surface area contributed by atoms with Gasteiger partial charge >= 0.3 is 0 Å². The second-order valence-corrected chi connectivity index (χ2v) is 7.77. The van der Waals surface area contributed by atoms with Gasteiger partial charge in [-0.25, -0.2) is 9.37 Å². The standard InChI is InChI=1S/C23H22ClFN4O2/c1-14(30)28-21-3-2-15(10-20(21)24)18-12-17(25)13-19(23(18)31)16-4-5-27-22(11-16)29-8-6-26-7-9-29/h2-5,10-13,26,31H,6-9H2,1H3,(H,28,30). The van der Waals surface area contributed by atoms with E-state index in [9.17, 15) is 14.3 Å². The number of hydrogen-bond donors (Lipinski definition) is 3. The number of pyridine rings is 1. The summed E-state index contributed by atoms with van der Waals surface area (Å²) in [5.74, 6) is 0.00281. The third kappa shape index (κ3) is 4.62. The Labute approximate surface area is 184 Å². The fourth-order valence-corrected chi connectivity index (χ4v) is 3.89. The summed E-state index contributed by atoms with van der Waals surface area (Å²) in [4.78, 5) is 17.9. The molecule has 0 atom stereocenters. The number of carbonyl (C=O) groups is 1. The first-order valence-corrected chi connectivity index (χ1v) is 10.3. The topological polar surface area (TPSA) is 77.5 Å². The lowest BCUT2D eigenvalue weighted by atomic mass is 9.97. The van der Waals surface area contributed by atoms with Crippen LogP contribution in [0.25, 0.3) is 22.3 Å². The van der Waals surface area contributed by atoms with Gasteiger partial charge in [-0.2, -0.15) is 0 Å². The van der Waals surface area contributed by atoms with Gasteiger partial charge in [0.2, 0.25) is 5.91 Å². The Kier molecular flexibility index (Phi) is 6.06. The minimum Gasteiger partial charge on any atom is -0.507 e. The summed E-state index contributed by atoms with van der Waals surface area (Å²) in [6.45, 7) is 4.79. The smallest absolute Gasteiger partial charge is 0.221 e. The molecule has 0 spiro atoms. The van der Waals surface area contributed by atoms with Crippen LogP contribution in [0.15, 0.2) is 48.7 Å². The molecule has 0 bridgehead atoms. The van der Waals surface area contributed by atoms with Gasteiger partial charge in [0.25, 0.3) is 0 Å². The second kappa shape index (κ2) is 8.91. The molecule has 1 fully saturated rings. The Morgan fingerprint density at radius 3 is 2.45 bits per heavy atom. The molecule has 1 amide bonds. The molecule has 1 aliphatic rings. The van der Waals surface area contributed by atoms with E-state index in [-0.39, 0.29) is 11.7 Å². The number of amides is 1. The predicted molar refractivity (Wildman–Crippen MR) is 121 cm³/mol. The average Bonchev–Trinajstić information content (AvgIpc) is 2.77. The zero-order valence-corrected chi connectivity index (χ0v) is 17.7. The van der Waals surface area contributed by atoms with Crippen LogP contribution in [0.5, 0.6) is 5.75 Å². The SMILES string of the molecule is CC(=O)Nc1ccc(-c2cc(F)cc(-c3ccnc(N4CCNCC4)c3)c2O)cc1Cl. The van der Waals surface area contributed by atoms with Crippen LogP contribution in [0.1, 0.15) is 6.92 Å². The number of anilines is 2. The van der Waals surface area contributed by atoms with E-state index in [1.807, 2.05) is 6.07 Å². The van der Waals surface area contributed by atoms with E-state index < -0.39 is 5.82 Å². The number of nitrogens with zero attached hydrogens (tertiary/aromatic N) is 2. The van der Waals surface area contributed by atoms with Gasteiger partial charge in [-0.05, 0) is 47.5 Å². The van der Waals surface area contributed by atoms with Gasteiger partial charge in [0.15, 0.2) is 0 Å². The van der Waals surface area contributed by atoms with Crippen LogP contribution in [0.2, 0.25) is 5.02 Å². The van der Waals surface area contributed by atoms with E-state index in [2.05, 4.69) is 20.5 Å². The number of nitrogens with one attached hydrogen (secondary N) is 2. The Morgan fingerprint density at radius 1 is 1.13 bits per heavy atom. The molecule has 0 aliphatic carbocycles. The molecule has 2 aromatic carbocycles. The highest BCUT2D eigenvalue weighted by Crippen LogP contribution is 2.41. The highest BCUT2D eigenvalue weighted by atomic mass is 35.5. The van der Waals surface area contributed by atoms with Crippen LogP contribution >= 0.6 is 11.6 Å². The number of rotatable bonds is 4. The molecule has 0 unspecified atom stereocenters. The molecule has 2 heterocycles. The van der Waals surface area contributed by atoms with Crippen LogP contribution in [0, 0.1) is 5.82 Å². The van der Waals surface area contributed by atoms with Crippen molar-refractivity contribution in [3.8, 4) is 28.0 Å². The van der Waals surface area contributed by atoms with Gasteiger partial charge in [0.05, 0.1) is 10.7 Å². The summed E-state index contributed by atoms with van der Waals surface area (Å²) in [6, 6.07) is 11.1. The van der Waals surface area contributed by atoms with Gasteiger partial charge in [-0.15, -0.1) is 0 Å². The van der Waals surface area contributed by atoms with Gasteiger partial charge in [-0.3, -0.25) is 4.79 Å². The fraction of sp³-hybridized carbons (Fsp3) is 0.217. The summed E-state index contributed by atoms with van der Waals surface area (Å²) >= 11 is 6.27. The Morgan fingerprint density at radius 2 is 1.81 bits per heavy atom. The first kappa shape index (κ1) is 21.1. The van der Waals surface area contributed by atoms with E-state index in [0.29, 0.717) is 33.0 Å². The number of hydrogen-bond acceptors (Lipinski definition) is 5. The maximum absolute atomic E-state index is 14.6. The lowest BCUT2D eigenvalue weighted by molar-refractivity contribution is -0.114. The molecule has 3 N–H and O–H groups in total. The van der Waals surface area contributed by atoms with Crippen LogP contribution < -0.4 is 15.5 Å². The molecule has 31 heavy (non-hydrogen) atoms. The molecular weight excluding hydrogens is 419 g/mol. The van der Waals surface area contributed by atoms with Crippen LogP contribution in [0.4, 0.5) is 15.9 Å². The van der Waals surface area contributed by atoms with Crippen molar-refractivity contribution < 1.29 is 14.3 Å². The Bertz CT molecular complexity index is 1130. The van der Waals surface area contributed by atoms with E-state index in [4.69, 9.17) is 11.6 Å². The molecule has 0 saturated carbocycles. The van der Waals surface area contributed by atoms with Crippen molar-refractivity contribution in [3.63, 3.8) is 0 Å². The van der Waals surface area contributed by atoms with Crippen LogP contribution in [-0.2, 0) is 4.79 Å². The predicted octanol–water partition coefficient (Wildman–Crippen LogP) is 4.28. The van der Waals surface area contributed by atoms with Crippen molar-refractivity contribution in [2.45, 2.75) is 6.92 Å². The summed E-state index contributed by atoms with van der Waals surface area (Å²) < 4.78 is 14.6. The quantitative estimate of drug-likeness (QED) is 0.564. The van der Waals surface area contributed by atoms with Crippen molar-refractivity contribution in [2.24, 2.45) is 0 Å². The monoisotopic (exact) mass is 440 g/mol. The fourth-order valence-electron chi connectivity index (χ4n) is 3.67. The first-order chi connectivity index (χ1) is 14.9. The lowest BCUT2D eigenvalue weighted by Gasteiger charge is -2.28. The molecule has 1 aliphatic heterocycles. The maximum atomic E-state index is 14.6. The summed E-state index contributed by atoms with van der Waals surface area (Å²) in [5, 5.41) is 17.2. The Hall–Kier alpha value is -3.16. The summed E-state index contributed by atoms with van der Waals surface area (Å²) in [6.07, 6.45) is 1.66. The third-order valence-electron chi connectivity index (χ3n) is 5.16. The van der Waals surface area contributed by atoms with Crippen LogP contribution in [-0.4, -0.2) is 42.2 Å². The van der Waals surface area contributed by atoms with Crippen molar-refractivity contribution in [3.05, 3.63) is 59.5 Å². The molecule has 3 aromatic rings. The van der Waals surface area contributed by atoms with Crippen molar-refractivity contribution in [1.82, 2.24) is 10.3 Å². The average molecular weight is 441 g/mol. The summed E-state index contributed by atoms with van der Waals surface area (Å²) in [7, 11) is 0. The van der Waals surface area contributed by atoms with Crippen molar-refractivity contribution in [1.29, 1.82) is 0 Å². The number of phenols is 1. The number of carbonyl (C=O) groups excluding carboxylic acids is 1. The normalized spacial score (nSPS) is 13.8.